The quantitative estimate of drug-likeness (QED) is 0.860. The molecule has 1 aliphatic heterocycles. The molecule has 17 heavy (non-hydrogen) atoms. The molecule has 0 radical (unpaired) electrons. The highest BCUT2D eigenvalue weighted by Gasteiger charge is 2.40. The Morgan fingerprint density at radius 3 is 3.06 bits per heavy atom. The van der Waals surface area contributed by atoms with E-state index in [-0.39, 0.29) is 0 Å². The molecule has 1 aromatic rings. The standard InChI is InChI=1S/C13H15N3O/c14-8-12-10(2-1-6-15-12)16-11-5-7-17-13(11)9-3-4-9/h1-2,6,9,11,13,16H,3-5,7H2. The number of aromatic nitrogens is 1. The molecule has 2 atom stereocenters. The van der Waals surface area contributed by atoms with Gasteiger partial charge in [0.2, 0.25) is 0 Å². The monoisotopic (exact) mass is 229 g/mol. The molecule has 0 amide bonds. The summed E-state index contributed by atoms with van der Waals surface area (Å²) in [5, 5.41) is 12.4. The summed E-state index contributed by atoms with van der Waals surface area (Å²) in [6.45, 7) is 0.820. The van der Waals surface area contributed by atoms with Crippen LogP contribution in [-0.2, 0) is 4.74 Å². The van der Waals surface area contributed by atoms with Crippen LogP contribution in [0.5, 0.6) is 0 Å². The molecular weight excluding hydrogens is 214 g/mol. The second-order valence-electron chi connectivity index (χ2n) is 4.72. The van der Waals surface area contributed by atoms with Crippen molar-refractivity contribution in [3.05, 3.63) is 24.0 Å². The fourth-order valence-corrected chi connectivity index (χ4v) is 2.47. The fraction of sp³-hybridized carbons (Fsp3) is 0.538. The van der Waals surface area contributed by atoms with Gasteiger partial charge >= 0.3 is 0 Å². The highest BCUT2D eigenvalue weighted by molar-refractivity contribution is 5.54. The van der Waals surface area contributed by atoms with Crippen molar-refractivity contribution in [3.8, 4) is 6.07 Å². The summed E-state index contributed by atoms with van der Waals surface area (Å²) in [6.07, 6.45) is 5.54. The van der Waals surface area contributed by atoms with Gasteiger partial charge in [-0.2, -0.15) is 5.26 Å². The maximum absolute atomic E-state index is 9.00. The van der Waals surface area contributed by atoms with E-state index in [1.807, 2.05) is 12.1 Å². The highest BCUT2D eigenvalue weighted by atomic mass is 16.5. The van der Waals surface area contributed by atoms with Crippen LogP contribution in [0.4, 0.5) is 5.69 Å². The normalized spacial score (nSPS) is 27.7. The Hall–Kier alpha value is -1.60. The van der Waals surface area contributed by atoms with Crippen LogP contribution in [0.1, 0.15) is 25.0 Å². The molecule has 1 aliphatic carbocycles. The second-order valence-corrected chi connectivity index (χ2v) is 4.72. The molecule has 88 valence electrons. The molecule has 0 aromatic carbocycles. The SMILES string of the molecule is N#Cc1ncccc1NC1CCOC1C1CC1. The lowest BCUT2D eigenvalue weighted by molar-refractivity contribution is 0.0898. The molecular formula is C13H15N3O. The van der Waals surface area contributed by atoms with E-state index in [0.29, 0.717) is 17.8 Å². The average molecular weight is 229 g/mol. The summed E-state index contributed by atoms with van der Waals surface area (Å²) >= 11 is 0. The van der Waals surface area contributed by atoms with Gasteiger partial charge in [0.15, 0.2) is 5.69 Å². The molecule has 4 heteroatoms. The topological polar surface area (TPSA) is 57.9 Å². The lowest BCUT2D eigenvalue weighted by Gasteiger charge is -2.20. The van der Waals surface area contributed by atoms with Gasteiger partial charge in [-0.25, -0.2) is 4.98 Å². The van der Waals surface area contributed by atoms with Crippen LogP contribution in [0.25, 0.3) is 0 Å². The molecule has 1 N–H and O–H groups in total. The zero-order chi connectivity index (χ0) is 11.7. The first kappa shape index (κ1) is 10.5. The van der Waals surface area contributed by atoms with Gasteiger partial charge in [0.25, 0.3) is 0 Å². The van der Waals surface area contributed by atoms with Gasteiger partial charge in [-0.15, -0.1) is 0 Å². The number of nitriles is 1. The number of hydrogen-bond acceptors (Lipinski definition) is 4. The van der Waals surface area contributed by atoms with Crippen molar-refractivity contribution >= 4 is 5.69 Å². The predicted octanol–water partition coefficient (Wildman–Crippen LogP) is 1.93. The zero-order valence-electron chi connectivity index (χ0n) is 9.60. The van der Waals surface area contributed by atoms with E-state index < -0.39 is 0 Å². The van der Waals surface area contributed by atoms with Crippen molar-refractivity contribution in [1.82, 2.24) is 4.98 Å². The highest BCUT2D eigenvalue weighted by Crippen LogP contribution is 2.39. The number of pyridine rings is 1. The predicted molar refractivity (Wildman–Crippen MR) is 63.4 cm³/mol. The van der Waals surface area contributed by atoms with E-state index in [4.69, 9.17) is 10.00 Å². The lowest BCUT2D eigenvalue weighted by atomic mass is 10.1. The van der Waals surface area contributed by atoms with Gasteiger partial charge < -0.3 is 10.1 Å². The number of ether oxygens (including phenoxy) is 1. The molecule has 1 aromatic heterocycles. The first-order chi connectivity index (χ1) is 8.38. The van der Waals surface area contributed by atoms with Crippen molar-refractivity contribution < 1.29 is 4.74 Å². The third-order valence-electron chi connectivity index (χ3n) is 3.48. The maximum atomic E-state index is 9.00. The van der Waals surface area contributed by atoms with Crippen LogP contribution in [0.15, 0.2) is 18.3 Å². The first-order valence-corrected chi connectivity index (χ1v) is 6.12. The van der Waals surface area contributed by atoms with Gasteiger partial charge in [0, 0.05) is 12.8 Å². The number of anilines is 1. The Morgan fingerprint density at radius 1 is 1.41 bits per heavy atom. The Labute approximate surface area is 101 Å². The fourth-order valence-electron chi connectivity index (χ4n) is 2.47. The van der Waals surface area contributed by atoms with E-state index in [9.17, 15) is 0 Å². The van der Waals surface area contributed by atoms with E-state index in [1.165, 1.54) is 12.8 Å². The minimum atomic E-state index is 0.321. The minimum Gasteiger partial charge on any atom is -0.377 e. The molecule has 2 fully saturated rings. The minimum absolute atomic E-state index is 0.321. The van der Waals surface area contributed by atoms with E-state index in [1.54, 1.807) is 6.20 Å². The summed E-state index contributed by atoms with van der Waals surface area (Å²) < 4.78 is 5.77. The smallest absolute Gasteiger partial charge is 0.163 e. The van der Waals surface area contributed by atoms with Crippen LogP contribution >= 0.6 is 0 Å². The van der Waals surface area contributed by atoms with Crippen molar-refractivity contribution in [3.63, 3.8) is 0 Å². The molecule has 0 bridgehead atoms. The van der Waals surface area contributed by atoms with Gasteiger partial charge in [-0.05, 0) is 37.3 Å². The summed E-state index contributed by atoms with van der Waals surface area (Å²) in [7, 11) is 0. The molecule has 2 heterocycles. The maximum Gasteiger partial charge on any atom is 0.163 e. The third kappa shape index (κ3) is 2.11. The van der Waals surface area contributed by atoms with E-state index in [2.05, 4.69) is 16.4 Å². The Morgan fingerprint density at radius 2 is 2.29 bits per heavy atom. The molecule has 2 aliphatic rings. The van der Waals surface area contributed by atoms with Gasteiger partial charge in [0.05, 0.1) is 17.8 Å². The number of rotatable bonds is 3. The van der Waals surface area contributed by atoms with Gasteiger partial charge in [-0.1, -0.05) is 0 Å². The first-order valence-electron chi connectivity index (χ1n) is 6.12. The van der Waals surface area contributed by atoms with Crippen LogP contribution in [0, 0.1) is 17.2 Å². The van der Waals surface area contributed by atoms with Crippen LogP contribution in [0.3, 0.4) is 0 Å². The van der Waals surface area contributed by atoms with E-state index in [0.717, 1.165) is 24.6 Å². The number of nitrogens with zero attached hydrogens (tertiary/aromatic N) is 2. The van der Waals surface area contributed by atoms with Crippen molar-refractivity contribution in [2.24, 2.45) is 5.92 Å². The molecule has 3 rings (SSSR count). The third-order valence-corrected chi connectivity index (χ3v) is 3.48. The molecule has 0 spiro atoms. The van der Waals surface area contributed by atoms with Crippen LogP contribution in [-0.4, -0.2) is 23.7 Å². The average Bonchev–Trinajstić information content (AvgIpc) is 3.11. The molecule has 1 saturated carbocycles. The molecule has 4 nitrogen and oxygen atoms in total. The van der Waals surface area contributed by atoms with Crippen LogP contribution < -0.4 is 5.32 Å². The van der Waals surface area contributed by atoms with Crippen molar-refractivity contribution in [1.29, 1.82) is 5.26 Å². The lowest BCUT2D eigenvalue weighted by Crippen LogP contribution is -2.31. The summed E-state index contributed by atoms with van der Waals surface area (Å²) in [4.78, 5) is 4.06. The second kappa shape index (κ2) is 4.34. The van der Waals surface area contributed by atoms with Gasteiger partial charge in [0.1, 0.15) is 6.07 Å². The largest absolute Gasteiger partial charge is 0.377 e. The molecule has 2 unspecified atom stereocenters. The Kier molecular flexibility index (Phi) is 2.69. The van der Waals surface area contributed by atoms with Crippen molar-refractivity contribution in [2.75, 3.05) is 11.9 Å². The number of hydrogen-bond donors (Lipinski definition) is 1. The van der Waals surface area contributed by atoms with Crippen molar-refractivity contribution in [2.45, 2.75) is 31.4 Å². The summed E-state index contributed by atoms with van der Waals surface area (Å²) in [5.74, 6) is 0.720. The summed E-state index contributed by atoms with van der Waals surface area (Å²) in [5.41, 5.74) is 1.30. The van der Waals surface area contributed by atoms with Gasteiger partial charge in [-0.3, -0.25) is 0 Å². The number of nitrogens with one attached hydrogen (secondary N) is 1. The van der Waals surface area contributed by atoms with E-state index >= 15 is 0 Å². The van der Waals surface area contributed by atoms with Crippen LogP contribution in [0.2, 0.25) is 0 Å². The Bertz CT molecular complexity index is 450. The summed E-state index contributed by atoms with van der Waals surface area (Å²) in [6, 6.07) is 6.21. The Balaban J connectivity index is 1.75. The molecule has 1 saturated heterocycles. The zero-order valence-corrected chi connectivity index (χ0v) is 9.60.